The highest BCUT2D eigenvalue weighted by molar-refractivity contribution is 7.80. The molecular formula is C20H32N6O7S. The lowest BCUT2D eigenvalue weighted by atomic mass is 10.0. The summed E-state index contributed by atoms with van der Waals surface area (Å²) in [6.45, 7) is 3.63. The lowest BCUT2D eigenvalue weighted by Crippen LogP contribution is -2.58. The number of aromatic nitrogens is 2. The summed E-state index contributed by atoms with van der Waals surface area (Å²) in [6.07, 6.45) is 2.57. The number of carbonyl (C=O) groups excluding carboxylic acids is 3. The Hall–Kier alpha value is -3.13. The quantitative estimate of drug-likeness (QED) is 0.133. The fraction of sp³-hybridized carbons (Fsp3) is 0.600. The highest BCUT2D eigenvalue weighted by Gasteiger charge is 2.30. The monoisotopic (exact) mass is 500 g/mol. The van der Waals surface area contributed by atoms with Crippen LogP contribution in [-0.4, -0.2) is 79.8 Å². The van der Waals surface area contributed by atoms with Crippen LogP contribution in [0, 0.1) is 5.92 Å². The van der Waals surface area contributed by atoms with Gasteiger partial charge in [-0.25, -0.2) is 9.78 Å². The van der Waals surface area contributed by atoms with E-state index < -0.39 is 53.8 Å². The van der Waals surface area contributed by atoms with E-state index in [0.717, 1.165) is 0 Å². The van der Waals surface area contributed by atoms with Gasteiger partial charge < -0.3 is 36.9 Å². The molecule has 0 bridgehead atoms. The summed E-state index contributed by atoms with van der Waals surface area (Å²) in [7, 11) is 0. The first-order valence-electron chi connectivity index (χ1n) is 10.6. The molecule has 1 heterocycles. The number of aromatic amines is 1. The van der Waals surface area contributed by atoms with Crippen LogP contribution in [0.25, 0.3) is 0 Å². The Labute approximate surface area is 202 Å². The van der Waals surface area contributed by atoms with Gasteiger partial charge in [0.2, 0.25) is 17.7 Å². The second-order valence-corrected chi connectivity index (χ2v) is 8.52. The number of rotatable bonds is 15. The number of nitrogens with one attached hydrogen (secondary N) is 4. The first-order valence-corrected chi connectivity index (χ1v) is 11.3. The summed E-state index contributed by atoms with van der Waals surface area (Å²) in [5.74, 6) is -4.67. The number of aliphatic carboxylic acids is 2. The van der Waals surface area contributed by atoms with Crippen molar-refractivity contribution in [2.45, 2.75) is 63.7 Å². The van der Waals surface area contributed by atoms with Gasteiger partial charge in [-0.15, -0.1) is 0 Å². The number of thiol groups is 1. The predicted octanol–water partition coefficient (Wildman–Crippen LogP) is -1.34. The summed E-state index contributed by atoms with van der Waals surface area (Å²) in [5, 5.41) is 25.5. The molecule has 13 nitrogen and oxygen atoms in total. The van der Waals surface area contributed by atoms with Crippen molar-refractivity contribution in [3.63, 3.8) is 0 Å². The minimum absolute atomic E-state index is 0.00356. The minimum atomic E-state index is -1.20. The van der Waals surface area contributed by atoms with Crippen molar-refractivity contribution in [3.05, 3.63) is 18.2 Å². The largest absolute Gasteiger partial charge is 0.481 e. The molecule has 3 amide bonds. The third kappa shape index (κ3) is 10.2. The van der Waals surface area contributed by atoms with E-state index in [2.05, 4.69) is 38.5 Å². The van der Waals surface area contributed by atoms with Gasteiger partial charge in [0, 0.05) is 30.5 Å². The normalized spacial score (nSPS) is 14.5. The van der Waals surface area contributed by atoms with E-state index in [-0.39, 0.29) is 37.4 Å². The summed E-state index contributed by atoms with van der Waals surface area (Å²) in [4.78, 5) is 66.8. The van der Waals surface area contributed by atoms with Crippen LogP contribution in [-0.2, 0) is 30.4 Å². The fourth-order valence-electron chi connectivity index (χ4n) is 2.95. The summed E-state index contributed by atoms with van der Waals surface area (Å²) >= 11 is 4.06. The van der Waals surface area contributed by atoms with Crippen molar-refractivity contribution in [3.8, 4) is 0 Å². The number of carbonyl (C=O) groups is 5. The number of H-pyrrole nitrogens is 1. The number of imidazole rings is 1. The van der Waals surface area contributed by atoms with Gasteiger partial charge >= 0.3 is 11.9 Å². The number of hydrogen-bond donors (Lipinski definition) is 8. The van der Waals surface area contributed by atoms with Crippen LogP contribution in [0.5, 0.6) is 0 Å². The van der Waals surface area contributed by atoms with E-state index in [1.807, 2.05) is 13.8 Å². The molecule has 0 saturated carbocycles. The molecule has 34 heavy (non-hydrogen) atoms. The molecule has 0 aliphatic heterocycles. The molecule has 0 aliphatic carbocycles. The van der Waals surface area contributed by atoms with Crippen molar-refractivity contribution in [1.82, 2.24) is 25.9 Å². The molecule has 4 atom stereocenters. The van der Waals surface area contributed by atoms with Gasteiger partial charge in [0.25, 0.3) is 0 Å². The molecule has 0 spiro atoms. The maximum Gasteiger partial charge on any atom is 0.326 e. The molecule has 1 aromatic heterocycles. The van der Waals surface area contributed by atoms with Crippen LogP contribution in [0.4, 0.5) is 0 Å². The van der Waals surface area contributed by atoms with E-state index >= 15 is 0 Å². The van der Waals surface area contributed by atoms with Crippen molar-refractivity contribution in [2.24, 2.45) is 11.7 Å². The summed E-state index contributed by atoms with van der Waals surface area (Å²) < 4.78 is 0. The molecule has 1 rings (SSSR count). The molecule has 0 saturated heterocycles. The van der Waals surface area contributed by atoms with Gasteiger partial charge in [-0.2, -0.15) is 12.6 Å². The standard InChI is InChI=1S/C20H32N6O7S/c1-10(2)5-14(20(32)33)25-18(30)13(6-11-7-22-9-23-11)24-19(31)15(8-34)26-17(29)12(21)3-4-16(27)28/h7,9-10,12-15,34H,3-6,8,21H2,1-2H3,(H,22,23)(H,24,31)(H,25,30)(H,26,29)(H,27,28)(H,32,33). The Balaban J connectivity index is 2.92. The van der Waals surface area contributed by atoms with Crippen LogP contribution < -0.4 is 21.7 Å². The van der Waals surface area contributed by atoms with E-state index in [1.165, 1.54) is 12.5 Å². The Morgan fingerprint density at radius 2 is 1.62 bits per heavy atom. The van der Waals surface area contributed by atoms with Crippen molar-refractivity contribution >= 4 is 42.3 Å². The zero-order chi connectivity index (χ0) is 25.8. The zero-order valence-electron chi connectivity index (χ0n) is 19.0. The average molecular weight is 501 g/mol. The van der Waals surface area contributed by atoms with Gasteiger partial charge in [0.05, 0.1) is 12.4 Å². The Bertz CT molecular complexity index is 848. The Morgan fingerprint density at radius 3 is 2.12 bits per heavy atom. The minimum Gasteiger partial charge on any atom is -0.481 e. The lowest BCUT2D eigenvalue weighted by molar-refractivity contribution is -0.143. The Kier molecular flexibility index (Phi) is 12.1. The van der Waals surface area contributed by atoms with Crippen molar-refractivity contribution in [1.29, 1.82) is 0 Å². The van der Waals surface area contributed by atoms with Gasteiger partial charge in [-0.1, -0.05) is 13.8 Å². The van der Waals surface area contributed by atoms with Crippen LogP contribution in [0.3, 0.4) is 0 Å². The molecule has 4 unspecified atom stereocenters. The van der Waals surface area contributed by atoms with Gasteiger partial charge in [0.1, 0.15) is 18.1 Å². The molecule has 0 radical (unpaired) electrons. The summed E-state index contributed by atoms with van der Waals surface area (Å²) in [5.41, 5.74) is 6.18. The van der Waals surface area contributed by atoms with Crippen LogP contribution in [0.15, 0.2) is 12.5 Å². The summed E-state index contributed by atoms with van der Waals surface area (Å²) in [6, 6.07) is -4.65. The van der Waals surface area contributed by atoms with Gasteiger partial charge in [-0.3, -0.25) is 19.2 Å². The topological polar surface area (TPSA) is 217 Å². The highest BCUT2D eigenvalue weighted by Crippen LogP contribution is 2.07. The van der Waals surface area contributed by atoms with Crippen LogP contribution in [0.1, 0.15) is 38.8 Å². The molecule has 8 N–H and O–H groups in total. The molecule has 14 heteroatoms. The second kappa shape index (κ2) is 14.2. The smallest absolute Gasteiger partial charge is 0.326 e. The van der Waals surface area contributed by atoms with E-state index in [0.29, 0.717) is 5.69 Å². The number of carboxylic acids is 2. The lowest BCUT2D eigenvalue weighted by Gasteiger charge is -2.24. The molecule has 0 aliphatic rings. The van der Waals surface area contributed by atoms with Crippen LogP contribution >= 0.6 is 12.6 Å². The first-order chi connectivity index (χ1) is 15.9. The average Bonchev–Trinajstić information content (AvgIpc) is 3.27. The zero-order valence-corrected chi connectivity index (χ0v) is 19.9. The molecular weight excluding hydrogens is 468 g/mol. The number of carboxylic acid groups (broad SMARTS) is 2. The van der Waals surface area contributed by atoms with E-state index in [1.54, 1.807) is 0 Å². The Morgan fingerprint density at radius 1 is 1.03 bits per heavy atom. The van der Waals surface area contributed by atoms with E-state index in [9.17, 15) is 29.1 Å². The highest BCUT2D eigenvalue weighted by atomic mass is 32.1. The van der Waals surface area contributed by atoms with Crippen molar-refractivity contribution in [2.75, 3.05) is 5.75 Å². The van der Waals surface area contributed by atoms with Crippen molar-refractivity contribution < 1.29 is 34.2 Å². The predicted molar refractivity (Wildman–Crippen MR) is 124 cm³/mol. The van der Waals surface area contributed by atoms with Crippen LogP contribution in [0.2, 0.25) is 0 Å². The number of nitrogens with two attached hydrogens (primary N) is 1. The SMILES string of the molecule is CC(C)CC(NC(=O)C(Cc1cnc[nH]1)NC(=O)C(CS)NC(=O)C(N)CCC(=O)O)C(=O)O. The molecule has 0 aromatic carbocycles. The second-order valence-electron chi connectivity index (χ2n) is 8.15. The number of nitrogens with zero attached hydrogens (tertiary/aromatic N) is 1. The molecule has 0 fully saturated rings. The van der Waals surface area contributed by atoms with Gasteiger partial charge in [-0.05, 0) is 18.8 Å². The maximum absolute atomic E-state index is 12.9. The molecule has 190 valence electrons. The third-order valence-electron chi connectivity index (χ3n) is 4.76. The maximum atomic E-state index is 12.9. The number of amides is 3. The molecule has 1 aromatic rings. The van der Waals surface area contributed by atoms with Gasteiger partial charge in [0.15, 0.2) is 0 Å². The van der Waals surface area contributed by atoms with E-state index in [4.69, 9.17) is 10.8 Å². The fourth-order valence-corrected chi connectivity index (χ4v) is 3.20. The third-order valence-corrected chi connectivity index (χ3v) is 5.12. The first kappa shape index (κ1) is 28.9. The number of hydrogen-bond acceptors (Lipinski definition) is 8.